The fraction of sp³-hybridized carbons (Fsp3) is 0.786. The van der Waals surface area contributed by atoms with Gasteiger partial charge in [0.05, 0.1) is 5.92 Å². The van der Waals surface area contributed by atoms with E-state index in [2.05, 4.69) is 0 Å². The third kappa shape index (κ3) is 4.09. The zero-order chi connectivity index (χ0) is 15.4. The van der Waals surface area contributed by atoms with Gasteiger partial charge in [0.15, 0.2) is 0 Å². The summed E-state index contributed by atoms with van der Waals surface area (Å²) in [6.45, 7) is 2.19. The van der Waals surface area contributed by atoms with Crippen molar-refractivity contribution in [2.75, 3.05) is 26.2 Å². The summed E-state index contributed by atoms with van der Waals surface area (Å²) in [5.41, 5.74) is 5.28. The first-order valence-electron chi connectivity index (χ1n) is 7.52. The zero-order valence-corrected chi connectivity index (χ0v) is 12.2. The van der Waals surface area contributed by atoms with E-state index in [-0.39, 0.29) is 24.2 Å². The number of piperidine rings is 2. The molecular formula is C14H23N3O4. The van der Waals surface area contributed by atoms with Gasteiger partial charge in [0.2, 0.25) is 5.91 Å². The first kappa shape index (κ1) is 15.6. The number of nitrogens with zero attached hydrogens (tertiary/aromatic N) is 2. The van der Waals surface area contributed by atoms with E-state index in [1.54, 1.807) is 4.90 Å². The van der Waals surface area contributed by atoms with Crippen LogP contribution in [0.25, 0.3) is 0 Å². The molecule has 118 valence electrons. The van der Waals surface area contributed by atoms with Crippen molar-refractivity contribution in [2.24, 2.45) is 17.6 Å². The van der Waals surface area contributed by atoms with E-state index in [1.807, 2.05) is 0 Å². The van der Waals surface area contributed by atoms with Crippen LogP contribution in [0.3, 0.4) is 0 Å². The summed E-state index contributed by atoms with van der Waals surface area (Å²) < 4.78 is 0. The molecule has 0 aromatic rings. The number of amides is 3. The topological polar surface area (TPSA) is 104 Å². The van der Waals surface area contributed by atoms with Crippen LogP contribution < -0.4 is 5.73 Å². The van der Waals surface area contributed by atoms with E-state index in [4.69, 9.17) is 10.8 Å². The van der Waals surface area contributed by atoms with Crippen LogP contribution in [0.1, 0.15) is 32.1 Å². The fourth-order valence-corrected chi connectivity index (χ4v) is 3.32. The van der Waals surface area contributed by atoms with Crippen LogP contribution in [0.5, 0.6) is 0 Å². The van der Waals surface area contributed by atoms with E-state index >= 15 is 0 Å². The standard InChI is InChI=1S/C14H23N3O4/c15-14(21)17-6-2-4-11(9-17)13(20)16-5-1-3-10(8-16)7-12(18)19/h10-11H,1-9H2,(H2,15,21)(H,18,19). The van der Waals surface area contributed by atoms with Gasteiger partial charge in [-0.1, -0.05) is 0 Å². The molecular weight excluding hydrogens is 274 g/mol. The molecule has 0 aromatic carbocycles. The van der Waals surface area contributed by atoms with Crippen LogP contribution in [-0.4, -0.2) is 59.0 Å². The second kappa shape index (κ2) is 6.78. The molecule has 0 spiro atoms. The van der Waals surface area contributed by atoms with Gasteiger partial charge in [-0.3, -0.25) is 9.59 Å². The molecule has 0 aliphatic carbocycles. The normalized spacial score (nSPS) is 26.5. The van der Waals surface area contributed by atoms with Gasteiger partial charge in [0, 0.05) is 32.6 Å². The molecule has 2 fully saturated rings. The lowest BCUT2D eigenvalue weighted by Gasteiger charge is -2.37. The smallest absolute Gasteiger partial charge is 0.314 e. The van der Waals surface area contributed by atoms with E-state index in [0.717, 1.165) is 25.7 Å². The number of nitrogens with two attached hydrogens (primary N) is 1. The SMILES string of the molecule is NC(=O)N1CCCC(C(=O)N2CCCC(CC(=O)O)C2)C1. The minimum atomic E-state index is -0.813. The molecule has 0 aromatic heterocycles. The molecule has 3 amide bonds. The molecule has 2 unspecified atom stereocenters. The minimum Gasteiger partial charge on any atom is -0.481 e. The van der Waals surface area contributed by atoms with Crippen LogP contribution in [0.4, 0.5) is 4.79 Å². The number of likely N-dealkylation sites (tertiary alicyclic amines) is 2. The number of hydrogen-bond donors (Lipinski definition) is 2. The summed E-state index contributed by atoms with van der Waals surface area (Å²) in [5, 5.41) is 8.87. The van der Waals surface area contributed by atoms with Crippen LogP contribution in [0, 0.1) is 11.8 Å². The highest BCUT2D eigenvalue weighted by atomic mass is 16.4. The third-order valence-electron chi connectivity index (χ3n) is 4.38. The van der Waals surface area contributed by atoms with Crippen molar-refractivity contribution in [1.29, 1.82) is 0 Å². The number of carboxylic acids is 1. The van der Waals surface area contributed by atoms with Crippen molar-refractivity contribution in [2.45, 2.75) is 32.1 Å². The van der Waals surface area contributed by atoms with Crippen molar-refractivity contribution in [1.82, 2.24) is 9.80 Å². The zero-order valence-electron chi connectivity index (χ0n) is 12.2. The second-order valence-electron chi connectivity index (χ2n) is 6.01. The Morgan fingerprint density at radius 2 is 1.71 bits per heavy atom. The first-order chi connectivity index (χ1) is 9.97. The number of carboxylic acid groups (broad SMARTS) is 1. The Morgan fingerprint density at radius 1 is 1.05 bits per heavy atom. The number of aliphatic carboxylic acids is 1. The molecule has 2 aliphatic rings. The number of rotatable bonds is 3. The molecule has 2 saturated heterocycles. The van der Waals surface area contributed by atoms with Gasteiger partial charge in [-0.25, -0.2) is 4.79 Å². The Morgan fingerprint density at radius 3 is 2.38 bits per heavy atom. The Hall–Kier alpha value is -1.79. The van der Waals surface area contributed by atoms with Crippen molar-refractivity contribution < 1.29 is 19.5 Å². The number of primary amides is 1. The molecule has 2 atom stereocenters. The first-order valence-corrected chi connectivity index (χ1v) is 7.52. The molecule has 7 nitrogen and oxygen atoms in total. The van der Waals surface area contributed by atoms with E-state index < -0.39 is 12.0 Å². The summed E-state index contributed by atoms with van der Waals surface area (Å²) >= 11 is 0. The highest BCUT2D eigenvalue weighted by molar-refractivity contribution is 5.80. The quantitative estimate of drug-likeness (QED) is 0.791. The van der Waals surface area contributed by atoms with Crippen molar-refractivity contribution in [3.05, 3.63) is 0 Å². The maximum absolute atomic E-state index is 12.6. The summed E-state index contributed by atoms with van der Waals surface area (Å²) in [4.78, 5) is 37.9. The van der Waals surface area contributed by atoms with Gasteiger partial charge >= 0.3 is 12.0 Å². The molecule has 2 heterocycles. The molecule has 0 bridgehead atoms. The van der Waals surface area contributed by atoms with E-state index in [0.29, 0.717) is 26.2 Å². The molecule has 2 aliphatic heterocycles. The van der Waals surface area contributed by atoms with Gasteiger partial charge in [-0.05, 0) is 31.6 Å². The fourth-order valence-electron chi connectivity index (χ4n) is 3.32. The van der Waals surface area contributed by atoms with Gasteiger partial charge in [0.1, 0.15) is 0 Å². The van der Waals surface area contributed by atoms with Crippen LogP contribution >= 0.6 is 0 Å². The summed E-state index contributed by atoms with van der Waals surface area (Å²) in [5.74, 6) is -0.936. The molecule has 7 heteroatoms. The second-order valence-corrected chi connectivity index (χ2v) is 6.01. The molecule has 2 rings (SSSR count). The molecule has 0 radical (unpaired) electrons. The predicted molar refractivity (Wildman–Crippen MR) is 75.4 cm³/mol. The predicted octanol–water partition coefficient (Wildman–Crippen LogP) is 0.490. The van der Waals surface area contributed by atoms with Crippen molar-refractivity contribution in [3.8, 4) is 0 Å². The van der Waals surface area contributed by atoms with Crippen molar-refractivity contribution in [3.63, 3.8) is 0 Å². The minimum absolute atomic E-state index is 0.0380. The van der Waals surface area contributed by atoms with Gasteiger partial charge in [0.25, 0.3) is 0 Å². The summed E-state index contributed by atoms with van der Waals surface area (Å²) in [6, 6.07) is -0.477. The van der Waals surface area contributed by atoms with Crippen molar-refractivity contribution >= 4 is 17.9 Å². The molecule has 21 heavy (non-hydrogen) atoms. The third-order valence-corrected chi connectivity index (χ3v) is 4.38. The van der Waals surface area contributed by atoms with E-state index in [9.17, 15) is 14.4 Å². The lowest BCUT2D eigenvalue weighted by molar-refractivity contribution is -0.142. The Kier molecular flexibility index (Phi) is 5.03. The Balaban J connectivity index is 1.92. The summed E-state index contributed by atoms with van der Waals surface area (Å²) in [6.07, 6.45) is 3.36. The van der Waals surface area contributed by atoms with E-state index in [1.165, 1.54) is 4.90 Å². The average Bonchev–Trinajstić information content (AvgIpc) is 2.46. The lowest BCUT2D eigenvalue weighted by atomic mass is 9.91. The number of carbonyl (C=O) groups is 3. The molecule has 3 N–H and O–H groups in total. The van der Waals surface area contributed by atoms with Gasteiger partial charge < -0.3 is 20.6 Å². The van der Waals surface area contributed by atoms with Gasteiger partial charge in [-0.2, -0.15) is 0 Å². The highest BCUT2D eigenvalue weighted by Gasteiger charge is 2.33. The maximum Gasteiger partial charge on any atom is 0.314 e. The number of carbonyl (C=O) groups excluding carboxylic acids is 2. The lowest BCUT2D eigenvalue weighted by Crippen LogP contribution is -2.50. The summed E-state index contributed by atoms with van der Waals surface area (Å²) in [7, 11) is 0. The number of urea groups is 1. The highest BCUT2D eigenvalue weighted by Crippen LogP contribution is 2.24. The average molecular weight is 297 g/mol. The van der Waals surface area contributed by atoms with Crippen LogP contribution in [0.2, 0.25) is 0 Å². The Labute approximate surface area is 124 Å². The number of hydrogen-bond acceptors (Lipinski definition) is 3. The van der Waals surface area contributed by atoms with Crippen LogP contribution in [-0.2, 0) is 9.59 Å². The molecule has 0 saturated carbocycles. The maximum atomic E-state index is 12.6. The monoisotopic (exact) mass is 297 g/mol. The van der Waals surface area contributed by atoms with Gasteiger partial charge in [-0.15, -0.1) is 0 Å². The van der Waals surface area contributed by atoms with Crippen LogP contribution in [0.15, 0.2) is 0 Å². The largest absolute Gasteiger partial charge is 0.481 e. The Bertz CT molecular complexity index is 426.